The maximum atomic E-state index is 12.2. The molecule has 0 saturated heterocycles. The molecule has 0 aliphatic heterocycles. The van der Waals surface area contributed by atoms with Gasteiger partial charge in [-0.2, -0.15) is 0 Å². The van der Waals surface area contributed by atoms with Gasteiger partial charge in [-0.15, -0.1) is 0 Å². The third-order valence-corrected chi connectivity index (χ3v) is 4.50. The Morgan fingerprint density at radius 2 is 1.86 bits per heavy atom. The van der Waals surface area contributed by atoms with E-state index in [4.69, 9.17) is 4.52 Å². The van der Waals surface area contributed by atoms with Crippen molar-refractivity contribution in [2.24, 2.45) is 0 Å². The molecule has 14 heavy (non-hydrogen) atoms. The van der Waals surface area contributed by atoms with Crippen molar-refractivity contribution in [2.75, 3.05) is 12.8 Å². The van der Waals surface area contributed by atoms with Crippen molar-refractivity contribution in [3.8, 4) is 0 Å². The second kappa shape index (κ2) is 7.34. The Morgan fingerprint density at radius 1 is 1.29 bits per heavy atom. The van der Waals surface area contributed by atoms with Crippen molar-refractivity contribution in [1.82, 2.24) is 0 Å². The van der Waals surface area contributed by atoms with Crippen LogP contribution in [0.1, 0.15) is 15.3 Å². The molecular weight excluding hydrogens is 222 g/mol. The molecule has 0 saturated carbocycles. The Kier molecular flexibility index (Phi) is 7.89. The summed E-state index contributed by atoms with van der Waals surface area (Å²) in [4.78, 5) is 0. The molecule has 74 valence electrons. The van der Waals surface area contributed by atoms with Gasteiger partial charge in [0, 0.05) is 11.5 Å². The minimum atomic E-state index is -2.55. The molecule has 1 aromatic carbocycles. The fourth-order valence-corrected chi connectivity index (χ4v) is 2.95. The van der Waals surface area contributed by atoms with Crippen LogP contribution in [0.5, 0.6) is 0 Å². The second-order valence-electron chi connectivity index (χ2n) is 2.74. The second-order valence-corrected chi connectivity index (χ2v) is 5.50. The van der Waals surface area contributed by atoms with Crippen LogP contribution in [-0.2, 0) is 9.09 Å². The van der Waals surface area contributed by atoms with Crippen molar-refractivity contribution in [3.05, 3.63) is 30.3 Å². The summed E-state index contributed by atoms with van der Waals surface area (Å²) in [7, 11) is -2.55. The van der Waals surface area contributed by atoms with E-state index in [1.165, 1.54) is 0 Å². The van der Waals surface area contributed by atoms with Gasteiger partial charge in [0.25, 0.3) is 0 Å². The van der Waals surface area contributed by atoms with Crippen molar-refractivity contribution in [1.29, 1.82) is 0 Å². The Hall–Kier alpha value is 1.05. The third kappa shape index (κ3) is 3.90. The Labute approximate surface area is 130 Å². The molecule has 0 spiro atoms. The normalized spacial score (nSPS) is 14.1. The van der Waals surface area contributed by atoms with E-state index in [0.717, 1.165) is 5.30 Å². The van der Waals surface area contributed by atoms with Gasteiger partial charge in [0.15, 0.2) is 0 Å². The van der Waals surface area contributed by atoms with Crippen molar-refractivity contribution in [2.45, 2.75) is 13.8 Å². The summed E-state index contributed by atoms with van der Waals surface area (Å²) in [6, 6.07) is 9.41. The molecular formula is C10H16KO2P. The van der Waals surface area contributed by atoms with Gasteiger partial charge >= 0.3 is 51.4 Å². The molecule has 4 heteroatoms. The quantitative estimate of drug-likeness (QED) is 0.535. The van der Waals surface area contributed by atoms with E-state index in [0.29, 0.717) is 12.8 Å². The van der Waals surface area contributed by atoms with Crippen LogP contribution in [-0.4, -0.2) is 12.8 Å². The monoisotopic (exact) mass is 238 g/mol. The fourth-order valence-electron chi connectivity index (χ4n) is 1.21. The van der Waals surface area contributed by atoms with E-state index in [2.05, 4.69) is 0 Å². The number of hydrogen-bond donors (Lipinski definition) is 0. The van der Waals surface area contributed by atoms with Gasteiger partial charge in [-0.1, -0.05) is 25.1 Å². The van der Waals surface area contributed by atoms with Gasteiger partial charge in [0.05, 0.1) is 6.61 Å². The summed E-state index contributed by atoms with van der Waals surface area (Å²) < 4.78 is 17.5. The van der Waals surface area contributed by atoms with Crippen LogP contribution >= 0.6 is 7.37 Å². The molecule has 0 aliphatic rings. The third-order valence-electron chi connectivity index (χ3n) is 1.90. The number of hydrogen-bond acceptors (Lipinski definition) is 2. The average Bonchev–Trinajstić information content (AvgIpc) is 2.19. The van der Waals surface area contributed by atoms with Crippen LogP contribution in [0.2, 0.25) is 0 Å². The van der Waals surface area contributed by atoms with Crippen molar-refractivity contribution < 1.29 is 61.9 Å². The van der Waals surface area contributed by atoms with Gasteiger partial charge in [-0.3, -0.25) is 4.57 Å². The SMILES string of the molecule is CCOP(=O)(CC)c1ccccc1.[H-].[K+]. The molecule has 1 atom stereocenters. The predicted octanol–water partition coefficient (Wildman–Crippen LogP) is -0.237. The Balaban J connectivity index is 0. The van der Waals surface area contributed by atoms with Gasteiger partial charge in [-0.05, 0) is 19.1 Å². The smallest absolute Gasteiger partial charge is 1.00 e. The van der Waals surface area contributed by atoms with E-state index in [-0.39, 0.29) is 52.8 Å². The molecule has 0 aliphatic carbocycles. The zero-order chi connectivity index (χ0) is 9.73. The fraction of sp³-hybridized carbons (Fsp3) is 0.400. The van der Waals surface area contributed by atoms with E-state index in [1.54, 1.807) is 0 Å². The summed E-state index contributed by atoms with van der Waals surface area (Å²) in [5.74, 6) is 0. The van der Waals surface area contributed by atoms with Crippen LogP contribution < -0.4 is 56.7 Å². The molecule has 0 amide bonds. The molecule has 0 fully saturated rings. The molecule has 1 aromatic rings. The molecule has 0 N–H and O–H groups in total. The van der Waals surface area contributed by atoms with E-state index >= 15 is 0 Å². The molecule has 1 rings (SSSR count). The average molecular weight is 238 g/mol. The summed E-state index contributed by atoms with van der Waals surface area (Å²) in [5, 5.41) is 0.819. The summed E-state index contributed by atoms with van der Waals surface area (Å²) in [5.41, 5.74) is 0. The van der Waals surface area contributed by atoms with Crippen LogP contribution in [0, 0.1) is 0 Å². The van der Waals surface area contributed by atoms with E-state index in [9.17, 15) is 4.57 Å². The van der Waals surface area contributed by atoms with Gasteiger partial charge < -0.3 is 5.95 Å². The first-order chi connectivity index (χ1) is 6.23. The zero-order valence-electron chi connectivity index (χ0n) is 10.1. The van der Waals surface area contributed by atoms with Gasteiger partial charge in [0.2, 0.25) is 7.37 Å². The molecule has 0 aromatic heterocycles. The summed E-state index contributed by atoms with van der Waals surface area (Å²) >= 11 is 0. The molecule has 0 heterocycles. The van der Waals surface area contributed by atoms with Crippen LogP contribution in [0.15, 0.2) is 30.3 Å². The molecule has 2 nitrogen and oxygen atoms in total. The number of rotatable bonds is 4. The molecule has 1 unspecified atom stereocenters. The largest absolute Gasteiger partial charge is 1.00 e. The minimum absolute atomic E-state index is 0. The standard InChI is InChI=1S/C10H15O2P.K.H/c1-3-12-13(11,4-2)10-8-6-5-7-9-10;;/h5-9H,3-4H2,1-2H3;;/q;+1;-1. The Bertz CT molecular complexity index is 306. The first-order valence-electron chi connectivity index (χ1n) is 4.52. The summed E-state index contributed by atoms with van der Waals surface area (Å²) in [6.07, 6.45) is 0.560. The Morgan fingerprint density at radius 3 is 2.29 bits per heavy atom. The van der Waals surface area contributed by atoms with Crippen LogP contribution in [0.25, 0.3) is 0 Å². The van der Waals surface area contributed by atoms with E-state index < -0.39 is 7.37 Å². The summed E-state index contributed by atoms with van der Waals surface area (Å²) in [6.45, 7) is 4.26. The minimum Gasteiger partial charge on any atom is -1.00 e. The first-order valence-corrected chi connectivity index (χ1v) is 6.33. The number of benzene rings is 1. The maximum absolute atomic E-state index is 12.2. The van der Waals surface area contributed by atoms with Crippen molar-refractivity contribution in [3.63, 3.8) is 0 Å². The first kappa shape index (κ1) is 15.0. The maximum Gasteiger partial charge on any atom is 1.00 e. The topological polar surface area (TPSA) is 26.3 Å². The van der Waals surface area contributed by atoms with Gasteiger partial charge in [-0.25, -0.2) is 0 Å². The van der Waals surface area contributed by atoms with Gasteiger partial charge in [0.1, 0.15) is 0 Å². The van der Waals surface area contributed by atoms with Crippen molar-refractivity contribution >= 4 is 12.7 Å². The van der Waals surface area contributed by atoms with E-state index in [1.807, 2.05) is 44.2 Å². The van der Waals surface area contributed by atoms with Crippen LogP contribution in [0.4, 0.5) is 0 Å². The predicted molar refractivity (Wildman–Crippen MR) is 57.0 cm³/mol. The molecule has 0 bridgehead atoms. The van der Waals surface area contributed by atoms with Crippen LogP contribution in [0.3, 0.4) is 0 Å². The molecule has 0 radical (unpaired) electrons. The zero-order valence-corrected chi connectivity index (χ0v) is 13.1.